The quantitative estimate of drug-likeness (QED) is 0.659. The van der Waals surface area contributed by atoms with E-state index in [9.17, 15) is 4.39 Å². The Morgan fingerprint density at radius 1 is 1.32 bits per heavy atom. The van der Waals surface area contributed by atoms with E-state index in [2.05, 4.69) is 25.9 Å². The van der Waals surface area contributed by atoms with Gasteiger partial charge in [0.25, 0.3) is 0 Å². The number of hydrogen-bond donors (Lipinski definition) is 0. The van der Waals surface area contributed by atoms with E-state index in [4.69, 9.17) is 11.6 Å². The lowest BCUT2D eigenvalue weighted by Crippen LogP contribution is -2.00. The lowest BCUT2D eigenvalue weighted by Gasteiger charge is -2.10. The van der Waals surface area contributed by atoms with Crippen molar-refractivity contribution in [1.29, 1.82) is 0 Å². The lowest BCUT2D eigenvalue weighted by molar-refractivity contribution is 0.626. The molecule has 0 unspecified atom stereocenters. The molecule has 0 N–H and O–H groups in total. The van der Waals surface area contributed by atoms with E-state index in [0.717, 1.165) is 16.7 Å². The molecule has 0 amide bonds. The van der Waals surface area contributed by atoms with Gasteiger partial charge in [0.1, 0.15) is 17.2 Å². The van der Waals surface area contributed by atoms with Gasteiger partial charge in [-0.1, -0.05) is 0 Å². The second-order valence-electron chi connectivity index (χ2n) is 3.96. The number of benzene rings is 1. The Kier molecular flexibility index (Phi) is 3.24. The van der Waals surface area contributed by atoms with Crippen molar-refractivity contribution in [3.63, 3.8) is 0 Å². The van der Waals surface area contributed by atoms with Crippen LogP contribution in [-0.2, 0) is 5.88 Å². The molecule has 96 valence electrons. The van der Waals surface area contributed by atoms with Gasteiger partial charge in [0.05, 0.1) is 23.3 Å². The van der Waals surface area contributed by atoms with Gasteiger partial charge in [0.2, 0.25) is 0 Å². The summed E-state index contributed by atoms with van der Waals surface area (Å²) in [4.78, 5) is 8.47. The maximum atomic E-state index is 13.2. The minimum absolute atomic E-state index is 0.262. The Balaban J connectivity index is 2.34. The molecule has 0 fully saturated rings. The molecule has 3 nitrogen and oxygen atoms in total. The third-order valence-electron chi connectivity index (χ3n) is 2.80. The number of nitrogens with zero attached hydrogens (tertiary/aromatic N) is 3. The van der Waals surface area contributed by atoms with Gasteiger partial charge in [-0.3, -0.25) is 9.55 Å². The molecule has 3 rings (SSSR count). The Labute approximate surface area is 122 Å². The summed E-state index contributed by atoms with van der Waals surface area (Å²) in [6, 6.07) is 6.37. The third-order valence-corrected chi connectivity index (χ3v) is 3.67. The van der Waals surface area contributed by atoms with Crippen LogP contribution in [0.15, 0.2) is 41.1 Å². The topological polar surface area (TPSA) is 30.7 Å². The number of hydrogen-bond acceptors (Lipinski definition) is 2. The van der Waals surface area contributed by atoms with Gasteiger partial charge in [0.15, 0.2) is 0 Å². The van der Waals surface area contributed by atoms with Gasteiger partial charge in [-0.2, -0.15) is 0 Å². The van der Waals surface area contributed by atoms with Crippen LogP contribution < -0.4 is 0 Å². The number of aromatic nitrogens is 3. The van der Waals surface area contributed by atoms with E-state index in [0.29, 0.717) is 10.3 Å². The summed E-state index contributed by atoms with van der Waals surface area (Å²) >= 11 is 9.31. The molecule has 2 heterocycles. The predicted molar refractivity (Wildman–Crippen MR) is 76.1 cm³/mol. The highest BCUT2D eigenvalue weighted by atomic mass is 79.9. The Morgan fingerprint density at radius 3 is 2.89 bits per heavy atom. The molecule has 19 heavy (non-hydrogen) atoms. The summed E-state index contributed by atoms with van der Waals surface area (Å²) in [5, 5.41) is 0. The van der Waals surface area contributed by atoms with Crippen molar-refractivity contribution in [2.24, 2.45) is 0 Å². The maximum Gasteiger partial charge on any atom is 0.129 e. The summed E-state index contributed by atoms with van der Waals surface area (Å²) in [6.45, 7) is 0. The van der Waals surface area contributed by atoms with Crippen LogP contribution in [0.4, 0.5) is 4.39 Å². The van der Waals surface area contributed by atoms with Crippen LogP contribution in [0, 0.1) is 5.82 Å². The SMILES string of the molecule is Fc1ccc(-n2c(CCl)nc3cnccc32)c(Br)c1. The van der Waals surface area contributed by atoms with Crippen LogP contribution >= 0.6 is 27.5 Å². The van der Waals surface area contributed by atoms with Crippen molar-refractivity contribution in [3.05, 3.63) is 52.8 Å². The minimum atomic E-state index is -0.297. The highest BCUT2D eigenvalue weighted by Gasteiger charge is 2.14. The van der Waals surface area contributed by atoms with Gasteiger partial charge >= 0.3 is 0 Å². The first kappa shape index (κ1) is 12.6. The van der Waals surface area contributed by atoms with Crippen molar-refractivity contribution < 1.29 is 4.39 Å². The molecule has 0 saturated heterocycles. The number of halogens is 3. The molecular weight excluding hydrogens is 333 g/mol. The van der Waals surface area contributed by atoms with Crippen molar-refractivity contribution in [2.45, 2.75) is 5.88 Å². The summed E-state index contributed by atoms with van der Waals surface area (Å²) < 4.78 is 15.7. The number of alkyl halides is 1. The fourth-order valence-electron chi connectivity index (χ4n) is 2.00. The smallest absolute Gasteiger partial charge is 0.129 e. The Bertz CT molecular complexity index is 757. The number of imidazole rings is 1. The highest BCUT2D eigenvalue weighted by Crippen LogP contribution is 2.28. The maximum absolute atomic E-state index is 13.2. The zero-order valence-corrected chi connectivity index (χ0v) is 12.0. The first-order valence-corrected chi connectivity index (χ1v) is 6.86. The Morgan fingerprint density at radius 2 is 2.16 bits per heavy atom. The monoisotopic (exact) mass is 339 g/mol. The van der Waals surface area contributed by atoms with E-state index in [-0.39, 0.29) is 11.7 Å². The van der Waals surface area contributed by atoms with E-state index in [1.807, 2.05) is 10.6 Å². The first-order chi connectivity index (χ1) is 9.20. The van der Waals surface area contributed by atoms with Crippen molar-refractivity contribution >= 4 is 38.6 Å². The second kappa shape index (κ2) is 4.90. The van der Waals surface area contributed by atoms with Crippen molar-refractivity contribution in [3.8, 4) is 5.69 Å². The van der Waals surface area contributed by atoms with Crippen LogP contribution in [0.5, 0.6) is 0 Å². The van der Waals surface area contributed by atoms with E-state index >= 15 is 0 Å². The van der Waals surface area contributed by atoms with Gasteiger partial charge in [-0.25, -0.2) is 9.37 Å². The summed E-state index contributed by atoms with van der Waals surface area (Å²) in [7, 11) is 0. The van der Waals surface area contributed by atoms with Crippen LogP contribution in [0.2, 0.25) is 0 Å². The molecule has 0 aliphatic carbocycles. The standard InChI is InChI=1S/C13H8BrClFN3/c14-9-5-8(16)1-2-11(9)19-12-3-4-17-7-10(12)18-13(19)6-15/h1-5,7H,6H2. The van der Waals surface area contributed by atoms with Crippen LogP contribution in [0.25, 0.3) is 16.7 Å². The van der Waals surface area contributed by atoms with Gasteiger partial charge < -0.3 is 0 Å². The molecule has 1 aromatic carbocycles. The molecule has 0 aliphatic heterocycles. The summed E-state index contributed by atoms with van der Waals surface area (Å²) in [6.07, 6.45) is 3.37. The average molecular weight is 341 g/mol. The molecule has 0 radical (unpaired) electrons. The summed E-state index contributed by atoms with van der Waals surface area (Å²) in [5.41, 5.74) is 2.44. The van der Waals surface area contributed by atoms with E-state index in [1.54, 1.807) is 18.5 Å². The molecule has 6 heteroatoms. The van der Waals surface area contributed by atoms with Crippen LogP contribution in [0.3, 0.4) is 0 Å². The average Bonchev–Trinajstić information content (AvgIpc) is 2.77. The predicted octanol–water partition coefficient (Wildman–Crippen LogP) is 4.06. The number of pyridine rings is 1. The summed E-state index contributed by atoms with van der Waals surface area (Å²) in [5.74, 6) is 0.657. The third kappa shape index (κ3) is 2.13. The lowest BCUT2D eigenvalue weighted by atomic mass is 10.3. The molecule has 0 atom stereocenters. The molecule has 2 aromatic heterocycles. The highest BCUT2D eigenvalue weighted by molar-refractivity contribution is 9.10. The minimum Gasteiger partial charge on any atom is -0.294 e. The normalized spacial score (nSPS) is 11.1. The zero-order valence-electron chi connectivity index (χ0n) is 9.65. The number of rotatable bonds is 2. The second-order valence-corrected chi connectivity index (χ2v) is 5.08. The van der Waals surface area contributed by atoms with Gasteiger partial charge in [-0.05, 0) is 40.2 Å². The molecule has 0 aliphatic rings. The van der Waals surface area contributed by atoms with Crippen LogP contribution in [-0.4, -0.2) is 14.5 Å². The van der Waals surface area contributed by atoms with Gasteiger partial charge in [0, 0.05) is 10.7 Å². The molecule has 0 bridgehead atoms. The van der Waals surface area contributed by atoms with E-state index < -0.39 is 0 Å². The first-order valence-electron chi connectivity index (χ1n) is 5.53. The molecule has 0 spiro atoms. The number of fused-ring (bicyclic) bond motifs is 1. The fraction of sp³-hybridized carbons (Fsp3) is 0.0769. The van der Waals surface area contributed by atoms with Gasteiger partial charge in [-0.15, -0.1) is 11.6 Å². The molecule has 0 saturated carbocycles. The Hall–Kier alpha value is -1.46. The molecule has 3 aromatic rings. The van der Waals surface area contributed by atoms with Crippen LogP contribution in [0.1, 0.15) is 5.82 Å². The van der Waals surface area contributed by atoms with Crippen molar-refractivity contribution in [1.82, 2.24) is 14.5 Å². The van der Waals surface area contributed by atoms with E-state index in [1.165, 1.54) is 12.1 Å². The largest absolute Gasteiger partial charge is 0.294 e. The fourth-order valence-corrected chi connectivity index (χ4v) is 2.71. The zero-order chi connectivity index (χ0) is 13.4. The van der Waals surface area contributed by atoms with Crippen molar-refractivity contribution in [2.75, 3.05) is 0 Å². The molecular formula is C13H8BrClFN3.